The molecule has 1 heterocycles. The first kappa shape index (κ1) is 19.3. The molecule has 1 aliphatic rings. The van der Waals surface area contributed by atoms with Crippen LogP contribution in [0.25, 0.3) is 0 Å². The normalized spacial score (nSPS) is 18.3. The zero-order chi connectivity index (χ0) is 13.4. The summed E-state index contributed by atoms with van der Waals surface area (Å²) in [5.41, 5.74) is 0. The Morgan fingerprint density at radius 1 is 1.37 bits per heavy atom. The Balaban J connectivity index is 0.00000324. The third kappa shape index (κ3) is 7.60. The zero-order valence-corrected chi connectivity index (χ0v) is 15.8. The van der Waals surface area contributed by atoms with Gasteiger partial charge in [-0.3, -0.25) is 4.99 Å². The van der Waals surface area contributed by atoms with E-state index in [2.05, 4.69) is 40.6 Å². The first-order valence-electron chi connectivity index (χ1n) is 6.87. The summed E-state index contributed by atoms with van der Waals surface area (Å²) >= 11 is 1.85. The van der Waals surface area contributed by atoms with E-state index in [4.69, 9.17) is 0 Å². The quantitative estimate of drug-likeness (QED) is 0.321. The second-order valence-corrected chi connectivity index (χ2v) is 6.03. The first-order valence-corrected chi connectivity index (χ1v) is 8.27. The van der Waals surface area contributed by atoms with Gasteiger partial charge < -0.3 is 15.5 Å². The highest BCUT2D eigenvalue weighted by atomic mass is 127. The molecule has 0 aromatic carbocycles. The maximum Gasteiger partial charge on any atom is 0.191 e. The fraction of sp³-hybridized carbons (Fsp3) is 0.923. The molecule has 1 saturated heterocycles. The molecule has 114 valence electrons. The summed E-state index contributed by atoms with van der Waals surface area (Å²) in [7, 11) is 1.84. The first-order chi connectivity index (χ1) is 8.67. The molecule has 1 aliphatic heterocycles. The van der Waals surface area contributed by atoms with E-state index in [0.29, 0.717) is 12.1 Å². The van der Waals surface area contributed by atoms with E-state index in [1.165, 1.54) is 25.9 Å². The molecule has 0 atom stereocenters. The number of piperidine rings is 1. The van der Waals surface area contributed by atoms with Crippen LogP contribution >= 0.6 is 35.7 Å². The third-order valence-electron chi connectivity index (χ3n) is 3.42. The molecular formula is C13H29IN4S. The average Bonchev–Trinajstić information content (AvgIpc) is 2.38. The minimum Gasteiger partial charge on any atom is -0.356 e. The van der Waals surface area contributed by atoms with Crippen LogP contribution in [0.15, 0.2) is 4.99 Å². The number of halogens is 1. The fourth-order valence-corrected chi connectivity index (χ4v) is 2.53. The van der Waals surface area contributed by atoms with Crippen LogP contribution in [0, 0.1) is 0 Å². The number of nitrogens with one attached hydrogen (secondary N) is 2. The molecule has 0 radical (unpaired) electrons. The van der Waals surface area contributed by atoms with Crippen molar-refractivity contribution in [2.45, 2.75) is 38.8 Å². The number of guanidine groups is 1. The lowest BCUT2D eigenvalue weighted by molar-refractivity contribution is 0.167. The lowest BCUT2D eigenvalue weighted by Gasteiger charge is -2.35. The lowest BCUT2D eigenvalue weighted by Crippen LogP contribution is -2.50. The average molecular weight is 400 g/mol. The van der Waals surface area contributed by atoms with E-state index in [9.17, 15) is 0 Å². The lowest BCUT2D eigenvalue weighted by atomic mass is 10.0. The van der Waals surface area contributed by atoms with Gasteiger partial charge in [0.1, 0.15) is 0 Å². The topological polar surface area (TPSA) is 39.7 Å². The summed E-state index contributed by atoms with van der Waals surface area (Å²) < 4.78 is 0. The monoisotopic (exact) mass is 400 g/mol. The van der Waals surface area contributed by atoms with Gasteiger partial charge in [-0.2, -0.15) is 11.8 Å². The molecule has 0 bridgehead atoms. The predicted molar refractivity (Wildman–Crippen MR) is 98.0 cm³/mol. The highest BCUT2D eigenvalue weighted by molar-refractivity contribution is 14.0. The number of thioether (sulfide) groups is 1. The van der Waals surface area contributed by atoms with Gasteiger partial charge in [0.15, 0.2) is 5.96 Å². The highest BCUT2D eigenvalue weighted by Gasteiger charge is 2.21. The van der Waals surface area contributed by atoms with Crippen molar-refractivity contribution in [1.29, 1.82) is 0 Å². The molecule has 4 nitrogen and oxygen atoms in total. The SMILES string of the molecule is CN=C(NCCSC)NC1CCN(C(C)C)CC1.I. The summed E-state index contributed by atoms with van der Waals surface area (Å²) in [5.74, 6) is 2.07. The van der Waals surface area contributed by atoms with E-state index in [-0.39, 0.29) is 24.0 Å². The Hall–Kier alpha value is 0.310. The molecule has 0 saturated carbocycles. The van der Waals surface area contributed by atoms with Gasteiger partial charge in [0.05, 0.1) is 0 Å². The third-order valence-corrected chi connectivity index (χ3v) is 4.04. The number of hydrogen-bond acceptors (Lipinski definition) is 3. The van der Waals surface area contributed by atoms with Crippen LogP contribution < -0.4 is 10.6 Å². The molecule has 0 aromatic heterocycles. The van der Waals surface area contributed by atoms with Gasteiger partial charge >= 0.3 is 0 Å². The molecule has 0 aliphatic carbocycles. The number of nitrogens with zero attached hydrogens (tertiary/aromatic N) is 2. The summed E-state index contributed by atoms with van der Waals surface area (Å²) in [6.45, 7) is 7.91. The van der Waals surface area contributed by atoms with Crippen LogP contribution in [0.1, 0.15) is 26.7 Å². The fourth-order valence-electron chi connectivity index (χ4n) is 2.22. The van der Waals surface area contributed by atoms with E-state index < -0.39 is 0 Å². The largest absolute Gasteiger partial charge is 0.356 e. The van der Waals surface area contributed by atoms with Crippen molar-refractivity contribution in [1.82, 2.24) is 15.5 Å². The maximum atomic E-state index is 4.28. The van der Waals surface area contributed by atoms with Gasteiger partial charge in [-0.1, -0.05) is 0 Å². The molecule has 0 unspecified atom stereocenters. The van der Waals surface area contributed by atoms with Crippen LogP contribution in [0.4, 0.5) is 0 Å². The molecule has 1 fully saturated rings. The van der Waals surface area contributed by atoms with Gasteiger partial charge in [-0.25, -0.2) is 0 Å². The van der Waals surface area contributed by atoms with Gasteiger partial charge in [-0.15, -0.1) is 24.0 Å². The van der Waals surface area contributed by atoms with Crippen LogP contribution in [0.3, 0.4) is 0 Å². The van der Waals surface area contributed by atoms with E-state index >= 15 is 0 Å². The molecular weight excluding hydrogens is 371 g/mol. The van der Waals surface area contributed by atoms with Crippen molar-refractivity contribution in [2.75, 3.05) is 38.7 Å². The smallest absolute Gasteiger partial charge is 0.191 e. The number of likely N-dealkylation sites (tertiary alicyclic amines) is 1. The van der Waals surface area contributed by atoms with Crippen molar-refractivity contribution in [3.8, 4) is 0 Å². The van der Waals surface area contributed by atoms with Gasteiger partial charge in [-0.05, 0) is 32.9 Å². The summed E-state index contributed by atoms with van der Waals surface area (Å²) in [4.78, 5) is 6.82. The summed E-state index contributed by atoms with van der Waals surface area (Å²) in [6, 6.07) is 1.24. The second kappa shape index (κ2) is 11.0. The van der Waals surface area contributed by atoms with Crippen molar-refractivity contribution in [3.63, 3.8) is 0 Å². The standard InChI is InChI=1S/C13H28N4S.HI/c1-11(2)17-8-5-12(6-9-17)16-13(14-3)15-7-10-18-4;/h11-12H,5-10H2,1-4H3,(H2,14,15,16);1H. The Labute approximate surface area is 139 Å². The van der Waals surface area contributed by atoms with E-state index in [0.717, 1.165) is 18.3 Å². The van der Waals surface area contributed by atoms with E-state index in [1.54, 1.807) is 0 Å². The Morgan fingerprint density at radius 2 is 2.00 bits per heavy atom. The van der Waals surface area contributed by atoms with Crippen molar-refractivity contribution < 1.29 is 0 Å². The molecule has 0 aromatic rings. The number of hydrogen-bond donors (Lipinski definition) is 2. The Kier molecular flexibility index (Phi) is 11.2. The van der Waals surface area contributed by atoms with Crippen LogP contribution in [-0.4, -0.2) is 61.6 Å². The molecule has 0 amide bonds. The number of aliphatic imine (C=N–C) groups is 1. The van der Waals surface area contributed by atoms with Crippen molar-refractivity contribution in [2.24, 2.45) is 4.99 Å². The Morgan fingerprint density at radius 3 is 2.47 bits per heavy atom. The van der Waals surface area contributed by atoms with E-state index in [1.807, 2.05) is 18.8 Å². The molecule has 2 N–H and O–H groups in total. The molecule has 6 heteroatoms. The maximum absolute atomic E-state index is 4.28. The minimum atomic E-state index is 0. The van der Waals surface area contributed by atoms with Gasteiger partial charge in [0.2, 0.25) is 0 Å². The van der Waals surface area contributed by atoms with Gasteiger partial charge in [0.25, 0.3) is 0 Å². The van der Waals surface area contributed by atoms with Crippen LogP contribution in [-0.2, 0) is 0 Å². The summed E-state index contributed by atoms with van der Waals surface area (Å²) in [5, 5.41) is 6.88. The zero-order valence-electron chi connectivity index (χ0n) is 12.6. The highest BCUT2D eigenvalue weighted by Crippen LogP contribution is 2.12. The molecule has 1 rings (SSSR count). The van der Waals surface area contributed by atoms with Crippen LogP contribution in [0.2, 0.25) is 0 Å². The van der Waals surface area contributed by atoms with Crippen molar-refractivity contribution in [3.05, 3.63) is 0 Å². The minimum absolute atomic E-state index is 0. The summed E-state index contributed by atoms with van der Waals surface area (Å²) in [6.07, 6.45) is 4.54. The van der Waals surface area contributed by atoms with Crippen LogP contribution in [0.5, 0.6) is 0 Å². The number of rotatable bonds is 5. The molecule has 19 heavy (non-hydrogen) atoms. The van der Waals surface area contributed by atoms with Gasteiger partial charge in [0, 0.05) is 44.5 Å². The van der Waals surface area contributed by atoms with Crippen molar-refractivity contribution >= 4 is 41.7 Å². The second-order valence-electron chi connectivity index (χ2n) is 5.04. The Bertz CT molecular complexity index is 253. The predicted octanol–water partition coefficient (Wildman–Crippen LogP) is 2.01. The molecule has 0 spiro atoms.